The summed E-state index contributed by atoms with van der Waals surface area (Å²) in [5, 5.41) is 66.6. The molecule has 0 bridgehead atoms. The molecule has 144 heavy (non-hydrogen) atoms. The van der Waals surface area contributed by atoms with Crippen molar-refractivity contribution in [1.82, 2.24) is 120 Å². The molecular formula is C120H232N24. The molecule has 0 atom stereocenters. The van der Waals surface area contributed by atoms with Gasteiger partial charge in [-0.3, -0.25) is 18.7 Å². The lowest BCUT2D eigenvalue weighted by Crippen LogP contribution is -2.07. The van der Waals surface area contributed by atoms with E-state index in [0.717, 1.165) is 215 Å². The lowest BCUT2D eigenvalue weighted by molar-refractivity contribution is 0.462. The van der Waals surface area contributed by atoms with Crippen molar-refractivity contribution in [2.45, 2.75) is 582 Å². The number of hydrogen-bond donors (Lipinski definition) is 0. The Morgan fingerprint density at radius 2 is 0.368 bits per heavy atom. The second kappa shape index (κ2) is 86.9. The summed E-state index contributed by atoms with van der Waals surface area (Å²) in [6, 6.07) is 0. The van der Waals surface area contributed by atoms with E-state index in [9.17, 15) is 0 Å². The SMILES string of the molecule is CC(C)CCCCCCc1cnnn1CCC(C)C.CC(C)CCCCCCc1cnnn1CCC(C)C.CC(C)CCCCCc1cn(CC(C)C)nn1.CC(C)CCCCCc1cnnn1CCCC(C)C.CC(C)CCCCCc1cnnn1CCCC(C)C.CC(C)CCCCc1cn(CCC(C)C)nn1.CC(C)CCCCn1cc(CCC(C)C)nn1.CC(C)CCCc1cn(CCCC(C)C)nn1. The lowest BCUT2D eigenvalue weighted by Gasteiger charge is -2.08. The van der Waals surface area contributed by atoms with Crippen LogP contribution in [0.4, 0.5) is 0 Å². The van der Waals surface area contributed by atoms with Crippen LogP contribution in [0, 0.1) is 94.7 Å². The van der Waals surface area contributed by atoms with Crippen LogP contribution in [0.25, 0.3) is 0 Å². The first-order chi connectivity index (χ1) is 68.7. The molecule has 0 spiro atoms. The van der Waals surface area contributed by atoms with Gasteiger partial charge in [-0.05, 0) is 262 Å². The summed E-state index contributed by atoms with van der Waals surface area (Å²) < 4.78 is 16.3. The van der Waals surface area contributed by atoms with Gasteiger partial charge >= 0.3 is 0 Å². The summed E-state index contributed by atoms with van der Waals surface area (Å²) in [7, 11) is 0. The van der Waals surface area contributed by atoms with E-state index < -0.39 is 0 Å². The Labute approximate surface area is 886 Å². The van der Waals surface area contributed by atoms with Crippen molar-refractivity contribution < 1.29 is 0 Å². The monoisotopic (exact) mass is 2010 g/mol. The molecule has 8 aromatic rings. The zero-order valence-corrected chi connectivity index (χ0v) is 100. The molecule has 8 rings (SSSR count). The van der Waals surface area contributed by atoms with Crippen molar-refractivity contribution in [3.63, 3.8) is 0 Å². The molecule has 0 saturated heterocycles. The Balaban J connectivity index is 0.000000823. The molecule has 0 aliphatic heterocycles. The minimum atomic E-state index is 0.635. The van der Waals surface area contributed by atoms with Gasteiger partial charge in [0.25, 0.3) is 0 Å². The van der Waals surface area contributed by atoms with Crippen LogP contribution >= 0.6 is 0 Å². The normalized spacial score (nSPS) is 11.7. The molecule has 0 unspecified atom stereocenters. The summed E-state index contributed by atoms with van der Waals surface area (Å²) >= 11 is 0. The lowest BCUT2D eigenvalue weighted by atomic mass is 10.0. The van der Waals surface area contributed by atoms with Gasteiger partial charge in [0.15, 0.2) is 0 Å². The van der Waals surface area contributed by atoms with E-state index in [4.69, 9.17) is 0 Å². The third-order valence-electron chi connectivity index (χ3n) is 26.1. The van der Waals surface area contributed by atoms with E-state index in [2.05, 4.69) is 348 Å². The van der Waals surface area contributed by atoms with Crippen molar-refractivity contribution in [3.05, 3.63) is 95.1 Å². The van der Waals surface area contributed by atoms with Gasteiger partial charge in [-0.25, -0.2) is 18.7 Å². The molecule has 0 fully saturated rings. The van der Waals surface area contributed by atoms with Gasteiger partial charge in [0, 0.05) is 77.1 Å². The van der Waals surface area contributed by atoms with E-state index in [1.54, 1.807) is 0 Å². The van der Waals surface area contributed by atoms with Crippen molar-refractivity contribution in [1.29, 1.82) is 0 Å². The van der Waals surface area contributed by atoms with Crippen LogP contribution in [-0.4, -0.2) is 120 Å². The summed E-state index contributed by atoms with van der Waals surface area (Å²) in [6.45, 7) is 80.7. The molecule has 24 nitrogen and oxygen atoms in total. The molecule has 8 aromatic heterocycles. The molecule has 0 N–H and O–H groups in total. The van der Waals surface area contributed by atoms with E-state index >= 15 is 0 Å². The van der Waals surface area contributed by atoms with Crippen LogP contribution in [0.1, 0.15) is 524 Å². The molecule has 0 amide bonds. The zero-order chi connectivity index (χ0) is 107. The molecule has 24 heteroatoms. The molecule has 0 aliphatic carbocycles. The van der Waals surface area contributed by atoms with Crippen LogP contribution in [0.15, 0.2) is 49.6 Å². The Bertz CT molecular complexity index is 3840. The second-order valence-electron chi connectivity index (χ2n) is 49.1. The Morgan fingerprint density at radius 3 is 0.681 bits per heavy atom. The number of nitrogens with zero attached hydrogens (tertiary/aromatic N) is 24. The predicted molar refractivity (Wildman–Crippen MR) is 612 cm³/mol. The maximum absolute atomic E-state index is 4.22. The average Bonchev–Trinajstić information content (AvgIpc) is 1.46. The summed E-state index contributed by atoms with van der Waals surface area (Å²) in [5.74, 6) is 12.5. The molecule has 0 radical (unpaired) electrons. The first-order valence-electron chi connectivity index (χ1n) is 59.7. The zero-order valence-electron chi connectivity index (χ0n) is 100. The molecular weight excluding hydrogens is 1780 g/mol. The fraction of sp³-hybridized carbons (Fsp3) is 0.867. The van der Waals surface area contributed by atoms with Gasteiger partial charge in [0.2, 0.25) is 0 Å². The molecule has 0 saturated carbocycles. The van der Waals surface area contributed by atoms with Gasteiger partial charge in [-0.1, -0.05) is 405 Å². The van der Waals surface area contributed by atoms with E-state index in [1.807, 2.05) is 43.5 Å². The van der Waals surface area contributed by atoms with E-state index in [0.29, 0.717) is 5.92 Å². The van der Waals surface area contributed by atoms with E-state index in [1.165, 1.54) is 280 Å². The highest BCUT2D eigenvalue weighted by Crippen LogP contribution is 2.22. The minimum absolute atomic E-state index is 0.635. The summed E-state index contributed by atoms with van der Waals surface area (Å²) in [6.07, 6.45) is 76.7. The van der Waals surface area contributed by atoms with E-state index in [-0.39, 0.29) is 0 Å². The third kappa shape index (κ3) is 81.1. The van der Waals surface area contributed by atoms with Crippen LogP contribution in [0.5, 0.6) is 0 Å². The highest BCUT2D eigenvalue weighted by Gasteiger charge is 2.14. The van der Waals surface area contributed by atoms with Crippen LogP contribution < -0.4 is 0 Å². The molecule has 8 heterocycles. The second-order valence-corrected chi connectivity index (χ2v) is 49.1. The number of unbranched alkanes of at least 4 members (excludes halogenated alkanes) is 14. The first-order valence-corrected chi connectivity index (χ1v) is 59.7. The smallest absolute Gasteiger partial charge is 0.0827 e. The molecule has 0 aromatic carbocycles. The Kier molecular flexibility index (Phi) is 81.5. The molecule has 0 aliphatic rings. The molecule has 832 valence electrons. The fourth-order valence-electron chi connectivity index (χ4n) is 16.7. The third-order valence-corrected chi connectivity index (χ3v) is 26.1. The Hall–Kier alpha value is -6.88. The summed E-state index contributed by atoms with van der Waals surface area (Å²) in [4.78, 5) is 0. The van der Waals surface area contributed by atoms with Crippen molar-refractivity contribution in [2.24, 2.45) is 94.7 Å². The van der Waals surface area contributed by atoms with Crippen LogP contribution in [-0.2, 0) is 104 Å². The number of hydrogen-bond acceptors (Lipinski definition) is 16. The van der Waals surface area contributed by atoms with Gasteiger partial charge in [-0.2, -0.15) is 0 Å². The Morgan fingerprint density at radius 1 is 0.160 bits per heavy atom. The standard InChI is InChI=1S/4C16H31N3.4C14H27N3/c2*1-14(2)9-6-5-7-11-16-13-17-18-19(16)12-8-10-15(3)4;2*1-14(2)9-7-5-6-8-10-16-13-17-18-19(16)12-11-15(3)4;1-12(2)7-5-9-14-11-17(16-15-14)10-6-8-13(3)4;1-12(2)7-5-6-10-17-11-14(15-16-17)9-8-13(3)4;1-12(2)7-5-6-8-14-11-17(16-15-14)10-9-13(3)4;1-12(2)8-6-5-7-9-14-11-17(16-15-14)10-13(3)4/h4*13-15H,5-12H2,1-4H3;4*11-13H,5-10H2,1-4H3. The van der Waals surface area contributed by atoms with Gasteiger partial charge in [-0.15, -0.1) is 40.8 Å². The van der Waals surface area contributed by atoms with Crippen molar-refractivity contribution in [3.8, 4) is 0 Å². The number of aromatic nitrogens is 24. The quantitative estimate of drug-likeness (QED) is 0.0322. The minimum Gasteiger partial charge on any atom is -0.252 e. The highest BCUT2D eigenvalue weighted by atomic mass is 15.5. The highest BCUT2D eigenvalue weighted by molar-refractivity contribution is 4.99. The maximum Gasteiger partial charge on any atom is 0.0827 e. The predicted octanol–water partition coefficient (Wildman–Crippen LogP) is 32.7. The van der Waals surface area contributed by atoms with Crippen molar-refractivity contribution in [2.75, 3.05) is 0 Å². The summed E-state index contributed by atoms with van der Waals surface area (Å²) in [5.41, 5.74) is 9.83. The van der Waals surface area contributed by atoms with Crippen molar-refractivity contribution >= 4 is 0 Å². The first kappa shape index (κ1) is 135. The number of rotatable bonds is 72. The maximum atomic E-state index is 4.22. The number of aryl methyl sites for hydroxylation is 15. The topological polar surface area (TPSA) is 246 Å². The van der Waals surface area contributed by atoms with Gasteiger partial charge in [0.05, 0.1) is 70.3 Å². The largest absolute Gasteiger partial charge is 0.252 e. The van der Waals surface area contributed by atoms with Gasteiger partial charge < -0.3 is 0 Å². The average molecular weight is 2010 g/mol. The fourth-order valence-corrected chi connectivity index (χ4v) is 16.7. The van der Waals surface area contributed by atoms with Crippen LogP contribution in [0.2, 0.25) is 0 Å². The van der Waals surface area contributed by atoms with Gasteiger partial charge in [0.1, 0.15) is 0 Å². The van der Waals surface area contributed by atoms with Crippen LogP contribution in [0.3, 0.4) is 0 Å².